The molecule has 1 N–H and O–H groups in total. The molecule has 1 fully saturated rings. The lowest BCUT2D eigenvalue weighted by Crippen LogP contribution is -2.36. The zero-order valence-corrected chi connectivity index (χ0v) is 14.7. The third kappa shape index (κ3) is 3.54. The Kier molecular flexibility index (Phi) is 4.61. The number of likely N-dealkylation sites (tertiary alicyclic amines) is 1. The summed E-state index contributed by atoms with van der Waals surface area (Å²) >= 11 is 0. The number of furan rings is 1. The average molecular weight is 382 g/mol. The van der Waals surface area contributed by atoms with Gasteiger partial charge in [0.05, 0.1) is 12.3 Å². The highest BCUT2D eigenvalue weighted by Crippen LogP contribution is 2.43. The molecule has 0 aliphatic carbocycles. The summed E-state index contributed by atoms with van der Waals surface area (Å²) < 4.78 is 47.1. The summed E-state index contributed by atoms with van der Waals surface area (Å²) in [6, 6.07) is 2.26. The molecule has 0 aromatic carbocycles. The van der Waals surface area contributed by atoms with Crippen molar-refractivity contribution >= 4 is 11.7 Å². The molecule has 9 heteroatoms. The first-order valence-electron chi connectivity index (χ1n) is 9.19. The molecule has 27 heavy (non-hydrogen) atoms. The quantitative estimate of drug-likeness (QED) is 0.848. The lowest BCUT2D eigenvalue weighted by Gasteiger charge is -2.32. The van der Waals surface area contributed by atoms with Gasteiger partial charge >= 0.3 is 6.18 Å². The molecule has 2 atom stereocenters. The van der Waals surface area contributed by atoms with Crippen molar-refractivity contribution in [3.05, 3.63) is 35.9 Å². The second kappa shape index (κ2) is 6.94. The summed E-state index contributed by atoms with van der Waals surface area (Å²) in [4.78, 5) is 14.4. The van der Waals surface area contributed by atoms with Crippen LogP contribution in [0.2, 0.25) is 0 Å². The third-order valence-corrected chi connectivity index (χ3v) is 5.19. The van der Waals surface area contributed by atoms with Gasteiger partial charge in [-0.05, 0) is 25.0 Å². The van der Waals surface area contributed by atoms with Crippen LogP contribution in [-0.4, -0.2) is 39.9 Å². The normalized spacial score (nSPS) is 23.4. The number of nitrogens with zero attached hydrogens (tertiary/aromatic N) is 3. The number of nitrogens with one attached hydrogen (secondary N) is 1. The summed E-state index contributed by atoms with van der Waals surface area (Å²) in [6.45, 7) is 1.23. The van der Waals surface area contributed by atoms with Crippen molar-refractivity contribution in [3.8, 4) is 0 Å². The van der Waals surface area contributed by atoms with E-state index in [-0.39, 0.29) is 23.8 Å². The van der Waals surface area contributed by atoms with Gasteiger partial charge in [-0.2, -0.15) is 18.3 Å². The number of carbonyl (C=O) groups is 1. The second-order valence-corrected chi connectivity index (χ2v) is 7.07. The Hall–Kier alpha value is -2.45. The van der Waals surface area contributed by atoms with E-state index in [1.165, 1.54) is 12.3 Å². The molecule has 0 radical (unpaired) electrons. The summed E-state index contributed by atoms with van der Waals surface area (Å²) in [6.07, 6.45) is 0.643. The Labute approximate surface area is 154 Å². The maximum atomic E-state index is 13.6. The van der Waals surface area contributed by atoms with Gasteiger partial charge < -0.3 is 14.6 Å². The van der Waals surface area contributed by atoms with Crippen LogP contribution in [0.15, 0.2) is 28.9 Å². The monoisotopic (exact) mass is 382 g/mol. The van der Waals surface area contributed by atoms with Crippen LogP contribution in [0.5, 0.6) is 0 Å². The number of amides is 1. The molecular weight excluding hydrogens is 361 g/mol. The average Bonchev–Trinajstić information content (AvgIpc) is 3.23. The first kappa shape index (κ1) is 17.9. The number of rotatable bonds is 2. The Morgan fingerprint density at radius 3 is 2.59 bits per heavy atom. The molecule has 4 heterocycles. The van der Waals surface area contributed by atoms with E-state index in [1.54, 1.807) is 17.0 Å². The molecular formula is C18H21F3N4O2. The van der Waals surface area contributed by atoms with E-state index >= 15 is 0 Å². The Morgan fingerprint density at radius 1 is 1.22 bits per heavy atom. The molecule has 6 nitrogen and oxygen atoms in total. The van der Waals surface area contributed by atoms with E-state index in [0.717, 1.165) is 30.4 Å². The van der Waals surface area contributed by atoms with E-state index in [1.807, 2.05) is 0 Å². The van der Waals surface area contributed by atoms with E-state index < -0.39 is 18.3 Å². The number of hydrogen-bond acceptors (Lipinski definition) is 4. The van der Waals surface area contributed by atoms with Gasteiger partial charge in [-0.1, -0.05) is 12.8 Å². The fourth-order valence-corrected chi connectivity index (χ4v) is 3.79. The smallest absolute Gasteiger partial charge is 0.410 e. The molecule has 4 rings (SSSR count). The topological polar surface area (TPSA) is 63.3 Å². The van der Waals surface area contributed by atoms with E-state index in [0.29, 0.717) is 18.8 Å². The van der Waals surface area contributed by atoms with Crippen LogP contribution in [-0.2, 0) is 0 Å². The van der Waals surface area contributed by atoms with Gasteiger partial charge in [-0.25, -0.2) is 4.68 Å². The maximum absolute atomic E-state index is 13.6. The predicted octanol–water partition coefficient (Wildman–Crippen LogP) is 4.15. The van der Waals surface area contributed by atoms with Crippen molar-refractivity contribution in [3.63, 3.8) is 0 Å². The SMILES string of the molecule is O=C(c1cc2n(n1)[C@H](C(F)(F)F)C[C@H](c1ccco1)N2)N1CCCCCC1. The number of hydrogen-bond donors (Lipinski definition) is 1. The summed E-state index contributed by atoms with van der Waals surface area (Å²) in [5.74, 6) is 0.302. The Bertz CT molecular complexity index is 792. The van der Waals surface area contributed by atoms with Crippen LogP contribution in [0, 0.1) is 0 Å². The Morgan fingerprint density at radius 2 is 1.96 bits per heavy atom. The van der Waals surface area contributed by atoms with Crippen LogP contribution in [0.25, 0.3) is 0 Å². The first-order chi connectivity index (χ1) is 12.9. The molecule has 0 spiro atoms. The highest BCUT2D eigenvalue weighted by atomic mass is 19.4. The van der Waals surface area contributed by atoms with E-state index in [4.69, 9.17) is 4.42 Å². The number of halogens is 3. The standard InChI is InChI=1S/C18H21F3N4O2/c19-18(20,21)15-10-12(14-6-5-9-27-14)22-16-11-13(23-25(15)16)17(26)24-7-3-1-2-4-8-24/h5-6,9,11-12,15,22H,1-4,7-8,10H2/t12-,15+/m1/s1. The van der Waals surface area contributed by atoms with Gasteiger partial charge in [-0.3, -0.25) is 4.79 Å². The molecule has 1 amide bonds. The van der Waals surface area contributed by atoms with Crippen LogP contribution >= 0.6 is 0 Å². The molecule has 2 aliphatic rings. The molecule has 0 saturated carbocycles. The van der Waals surface area contributed by atoms with Gasteiger partial charge in [0.2, 0.25) is 0 Å². The Balaban J connectivity index is 1.64. The zero-order chi connectivity index (χ0) is 19.0. The minimum atomic E-state index is -4.48. The van der Waals surface area contributed by atoms with Crippen molar-refractivity contribution in [1.82, 2.24) is 14.7 Å². The summed E-state index contributed by atoms with van der Waals surface area (Å²) in [7, 11) is 0. The van der Waals surface area contributed by atoms with Crippen LogP contribution < -0.4 is 5.32 Å². The van der Waals surface area contributed by atoms with Crippen LogP contribution in [0.3, 0.4) is 0 Å². The van der Waals surface area contributed by atoms with Crippen LogP contribution in [0.4, 0.5) is 19.0 Å². The van der Waals surface area contributed by atoms with Gasteiger partial charge in [0.1, 0.15) is 11.6 Å². The summed E-state index contributed by atoms with van der Waals surface area (Å²) in [5, 5.41) is 7.06. The fourth-order valence-electron chi connectivity index (χ4n) is 3.79. The molecule has 146 valence electrons. The van der Waals surface area contributed by atoms with E-state index in [9.17, 15) is 18.0 Å². The molecule has 2 aromatic heterocycles. The molecule has 0 unspecified atom stereocenters. The number of alkyl halides is 3. The van der Waals surface area contributed by atoms with Crippen LogP contribution in [0.1, 0.15) is 60.4 Å². The van der Waals surface area contributed by atoms with Crippen molar-refractivity contribution in [2.45, 2.75) is 50.4 Å². The maximum Gasteiger partial charge on any atom is 0.410 e. The van der Waals surface area contributed by atoms with Crippen molar-refractivity contribution in [2.75, 3.05) is 18.4 Å². The predicted molar refractivity (Wildman–Crippen MR) is 91.4 cm³/mol. The molecule has 1 saturated heterocycles. The second-order valence-electron chi connectivity index (χ2n) is 7.07. The number of aromatic nitrogens is 2. The minimum Gasteiger partial charge on any atom is -0.467 e. The van der Waals surface area contributed by atoms with Gasteiger partial charge in [-0.15, -0.1) is 0 Å². The van der Waals surface area contributed by atoms with Gasteiger partial charge in [0.25, 0.3) is 5.91 Å². The number of carbonyl (C=O) groups excluding carboxylic acids is 1. The third-order valence-electron chi connectivity index (χ3n) is 5.19. The molecule has 2 aliphatic heterocycles. The fraction of sp³-hybridized carbons (Fsp3) is 0.556. The highest BCUT2D eigenvalue weighted by molar-refractivity contribution is 5.93. The number of anilines is 1. The van der Waals surface area contributed by atoms with Crippen molar-refractivity contribution in [2.24, 2.45) is 0 Å². The zero-order valence-electron chi connectivity index (χ0n) is 14.7. The van der Waals surface area contributed by atoms with Gasteiger partial charge in [0, 0.05) is 25.6 Å². The number of fused-ring (bicyclic) bond motifs is 1. The van der Waals surface area contributed by atoms with E-state index in [2.05, 4.69) is 10.4 Å². The van der Waals surface area contributed by atoms with Gasteiger partial charge in [0.15, 0.2) is 11.7 Å². The van der Waals surface area contributed by atoms with Crippen molar-refractivity contribution in [1.29, 1.82) is 0 Å². The minimum absolute atomic E-state index is 0.0498. The lowest BCUT2D eigenvalue weighted by molar-refractivity contribution is -0.174. The summed E-state index contributed by atoms with van der Waals surface area (Å²) in [5.41, 5.74) is 0.0498. The molecule has 2 aromatic rings. The highest BCUT2D eigenvalue weighted by Gasteiger charge is 2.47. The first-order valence-corrected chi connectivity index (χ1v) is 9.19. The van der Waals surface area contributed by atoms with Crippen molar-refractivity contribution < 1.29 is 22.4 Å². The lowest BCUT2D eigenvalue weighted by atomic mass is 10.0. The molecule has 0 bridgehead atoms. The largest absolute Gasteiger partial charge is 0.467 e.